The van der Waals surface area contributed by atoms with Gasteiger partial charge >= 0.3 is 0 Å². The number of hydrogen-bond donors (Lipinski definition) is 0. The first-order chi connectivity index (χ1) is 44.8. The molecule has 0 spiro atoms. The molecule has 1 heterocycles. The molecule has 0 saturated heterocycles. The number of nitrogens with zero attached hydrogens (tertiary/aromatic N) is 3. The second-order valence-electron chi connectivity index (χ2n) is 26.8. The van der Waals surface area contributed by atoms with Gasteiger partial charge in [-0.15, -0.1) is 0 Å². The number of aryl methyl sites for hydroxylation is 3. The van der Waals surface area contributed by atoms with E-state index in [-0.39, 0.29) is 10.8 Å². The van der Waals surface area contributed by atoms with Crippen LogP contribution in [0.1, 0.15) is 78.1 Å². The molecular weight excluding hydrogens is 1110 g/mol. The fraction of sp³-hybridized carbons (Fsp3) is 0.124. The van der Waals surface area contributed by atoms with Crippen molar-refractivity contribution in [3.8, 4) is 61.3 Å². The van der Waals surface area contributed by atoms with Gasteiger partial charge < -0.3 is 14.4 Å². The van der Waals surface area contributed by atoms with Crippen LogP contribution in [0.25, 0.3) is 89.2 Å². The van der Waals surface area contributed by atoms with Crippen molar-refractivity contribution in [3.63, 3.8) is 0 Å². The molecule has 3 aliphatic rings. The van der Waals surface area contributed by atoms with E-state index in [1.807, 2.05) is 6.08 Å². The van der Waals surface area contributed by atoms with Crippen molar-refractivity contribution in [2.24, 2.45) is 5.92 Å². The molecule has 3 aliphatic carbocycles. The smallest absolute Gasteiger partial charge is 0.0542 e. The van der Waals surface area contributed by atoms with Crippen LogP contribution in [-0.4, -0.2) is 4.57 Å². The molecule has 3 nitrogen and oxygen atoms in total. The number of fused-ring (bicyclic) bond motifs is 9. The highest BCUT2D eigenvalue weighted by Gasteiger charge is 2.45. The van der Waals surface area contributed by atoms with Crippen molar-refractivity contribution in [1.29, 1.82) is 0 Å². The van der Waals surface area contributed by atoms with Crippen molar-refractivity contribution in [2.45, 2.75) is 65.2 Å². The Morgan fingerprint density at radius 3 is 1.51 bits per heavy atom. The van der Waals surface area contributed by atoms with Crippen molar-refractivity contribution >= 4 is 62.0 Å². The minimum atomic E-state index is -0.147. The van der Waals surface area contributed by atoms with Gasteiger partial charge in [0.05, 0.1) is 11.0 Å². The lowest BCUT2D eigenvalue weighted by Gasteiger charge is -2.30. The minimum absolute atomic E-state index is 0.00841. The van der Waals surface area contributed by atoms with Gasteiger partial charge in [-0.2, -0.15) is 0 Å². The van der Waals surface area contributed by atoms with Crippen molar-refractivity contribution in [2.75, 3.05) is 9.80 Å². The first-order valence-electron chi connectivity index (χ1n) is 32.5. The highest BCUT2D eigenvalue weighted by molar-refractivity contribution is 6.12. The first kappa shape index (κ1) is 56.5. The van der Waals surface area contributed by atoms with Crippen LogP contribution in [0, 0.1) is 26.7 Å². The van der Waals surface area contributed by atoms with Gasteiger partial charge in [-0.3, -0.25) is 0 Å². The predicted molar refractivity (Wildman–Crippen MR) is 391 cm³/mol. The molecule has 0 radical (unpaired) electrons. The average molecular weight is 1180 g/mol. The molecular formula is C89H73N3. The number of anilines is 6. The molecule has 0 saturated carbocycles. The van der Waals surface area contributed by atoms with Gasteiger partial charge in [0.15, 0.2) is 0 Å². The molecule has 0 N–H and O–H groups in total. The summed E-state index contributed by atoms with van der Waals surface area (Å²) in [5, 5.41) is 2.39. The number of benzene rings is 12. The lowest BCUT2D eigenvalue weighted by Crippen LogP contribution is -2.24. The van der Waals surface area contributed by atoms with Crippen LogP contribution in [-0.2, 0) is 10.8 Å². The molecule has 1 aromatic heterocycles. The molecule has 0 fully saturated rings. The van der Waals surface area contributed by atoms with E-state index >= 15 is 0 Å². The van der Waals surface area contributed by atoms with Gasteiger partial charge in [-0.05, 0) is 242 Å². The van der Waals surface area contributed by atoms with Crippen molar-refractivity contribution in [3.05, 3.63) is 336 Å². The predicted octanol–water partition coefficient (Wildman–Crippen LogP) is 24.4. The first-order valence-corrected chi connectivity index (χ1v) is 32.5. The van der Waals surface area contributed by atoms with E-state index in [9.17, 15) is 0 Å². The minimum Gasteiger partial charge on any atom is -0.310 e. The molecule has 16 rings (SSSR count). The van der Waals surface area contributed by atoms with Gasteiger partial charge in [0.1, 0.15) is 0 Å². The Balaban J connectivity index is 0.765. The average Bonchev–Trinajstić information content (AvgIpc) is 1.58. The van der Waals surface area contributed by atoms with Gasteiger partial charge in [-0.1, -0.05) is 216 Å². The third-order valence-corrected chi connectivity index (χ3v) is 20.6. The Labute approximate surface area is 541 Å². The van der Waals surface area contributed by atoms with E-state index in [2.05, 4.69) is 355 Å². The summed E-state index contributed by atoms with van der Waals surface area (Å²) in [5.74, 6) is 0.827. The molecule has 12 aromatic carbocycles. The van der Waals surface area contributed by atoms with E-state index < -0.39 is 0 Å². The van der Waals surface area contributed by atoms with Crippen LogP contribution in [0.5, 0.6) is 0 Å². The summed E-state index contributed by atoms with van der Waals surface area (Å²) < 4.78 is 2.42. The summed E-state index contributed by atoms with van der Waals surface area (Å²) >= 11 is 0. The number of aromatic nitrogens is 1. The maximum absolute atomic E-state index is 4.09. The van der Waals surface area contributed by atoms with E-state index in [0.29, 0.717) is 11.8 Å². The lowest BCUT2D eigenvalue weighted by atomic mass is 9.74. The van der Waals surface area contributed by atoms with Crippen LogP contribution in [0.15, 0.2) is 292 Å². The monoisotopic (exact) mass is 1180 g/mol. The Morgan fingerprint density at radius 1 is 0.380 bits per heavy atom. The summed E-state index contributed by atoms with van der Waals surface area (Å²) in [6, 6.07) is 97.9. The van der Waals surface area contributed by atoms with Gasteiger partial charge in [0, 0.05) is 61.9 Å². The van der Waals surface area contributed by atoms with E-state index in [4.69, 9.17) is 0 Å². The van der Waals surface area contributed by atoms with Crippen LogP contribution in [0.4, 0.5) is 34.1 Å². The SMILES string of the molecule is C=Cc1ccc(N(c2ccc3c(c2)C(C)(C)c2ccccc2-3)c2ccc3c(c2)c2cc(-c4ccc(C)c(-c5cc(-c6ccc(N(c7ccc(-c8ccc(C)cc8)cc7)c7ccc8c(c7)C(C)(C)C7C=CC=CC87)cc6)ccc5C)c4)ccc2n3-c2ccccc2)cc1. The highest BCUT2D eigenvalue weighted by Crippen LogP contribution is 2.55. The molecule has 0 bridgehead atoms. The maximum Gasteiger partial charge on any atom is 0.0542 e. The zero-order valence-electron chi connectivity index (χ0n) is 53.4. The van der Waals surface area contributed by atoms with Crippen LogP contribution < -0.4 is 9.80 Å². The largest absolute Gasteiger partial charge is 0.310 e. The maximum atomic E-state index is 4.09. The van der Waals surface area contributed by atoms with Crippen LogP contribution in [0.2, 0.25) is 0 Å². The molecule has 2 atom stereocenters. The van der Waals surface area contributed by atoms with Gasteiger partial charge in [0.25, 0.3) is 0 Å². The molecule has 0 amide bonds. The summed E-state index contributed by atoms with van der Waals surface area (Å²) in [5.41, 5.74) is 32.6. The molecule has 13 aromatic rings. The normalized spacial score (nSPS) is 15.5. The topological polar surface area (TPSA) is 11.4 Å². The Kier molecular flexibility index (Phi) is 13.5. The van der Waals surface area contributed by atoms with Gasteiger partial charge in [-0.25, -0.2) is 0 Å². The zero-order valence-corrected chi connectivity index (χ0v) is 53.4. The number of allylic oxidation sites excluding steroid dienone is 4. The summed E-state index contributed by atoms with van der Waals surface area (Å²) in [7, 11) is 0. The highest BCUT2D eigenvalue weighted by atomic mass is 15.1. The molecule has 0 aliphatic heterocycles. The van der Waals surface area contributed by atoms with Crippen molar-refractivity contribution < 1.29 is 0 Å². The van der Waals surface area contributed by atoms with E-state index in [0.717, 1.165) is 56.4 Å². The number of hydrogen-bond acceptors (Lipinski definition) is 2. The van der Waals surface area contributed by atoms with E-state index in [1.165, 1.54) is 105 Å². The summed E-state index contributed by atoms with van der Waals surface area (Å²) in [6.07, 6.45) is 11.2. The van der Waals surface area contributed by atoms with Gasteiger partial charge in [0.2, 0.25) is 0 Å². The molecule has 2 unspecified atom stereocenters. The summed E-state index contributed by atoms with van der Waals surface area (Å²) in [6.45, 7) is 20.3. The van der Waals surface area contributed by atoms with Crippen LogP contribution >= 0.6 is 0 Å². The van der Waals surface area contributed by atoms with E-state index in [1.54, 1.807) is 0 Å². The quantitative estimate of drug-likeness (QED) is 0.121. The third-order valence-electron chi connectivity index (χ3n) is 20.6. The third kappa shape index (κ3) is 9.40. The Hall–Kier alpha value is -10.7. The molecule has 444 valence electrons. The van der Waals surface area contributed by atoms with Crippen LogP contribution in [0.3, 0.4) is 0 Å². The molecule has 92 heavy (non-hydrogen) atoms. The molecule has 3 heteroatoms. The second-order valence-corrected chi connectivity index (χ2v) is 26.8. The second kappa shape index (κ2) is 22.0. The Morgan fingerprint density at radius 2 is 0.848 bits per heavy atom. The number of rotatable bonds is 12. The summed E-state index contributed by atoms with van der Waals surface area (Å²) in [4.78, 5) is 4.86. The fourth-order valence-electron chi connectivity index (χ4n) is 15.5. The zero-order chi connectivity index (χ0) is 62.6. The fourth-order valence-corrected chi connectivity index (χ4v) is 15.5. The standard InChI is InChI=1S/C89H73N3/c1-9-60-27-38-68(39-28-60)91(73-45-48-77-75-20-14-16-22-83(75)89(7,8)85(77)56-73)71-46-50-87-81(54-71)80-53-66(37-49-86(80)92(87)67-17-11-10-12-18-67)65-32-26-59(4)79(52-65)78-51-64(31-25-58(78)3)63-35-42-70(43-36-63)90(69-40-33-62(34-41-69)61-29-23-57(2)24-30-61)72-44-47-76-74-19-13-15-21-82(74)88(5,6)84(76)55-72/h9-56,74,82H,1H2,2-8H3. The number of para-hydroxylation sites is 1. The van der Waals surface area contributed by atoms with Crippen molar-refractivity contribution in [1.82, 2.24) is 4.57 Å². The lowest BCUT2D eigenvalue weighted by molar-refractivity contribution is 0.394. The Bertz CT molecular complexity index is 5130.